The fourth-order valence-corrected chi connectivity index (χ4v) is 2.41. The Hall–Kier alpha value is -1.58. The van der Waals surface area contributed by atoms with E-state index in [4.69, 9.17) is 5.11 Å². The molecule has 1 heterocycles. The Morgan fingerprint density at radius 3 is 2.71 bits per heavy atom. The second kappa shape index (κ2) is 5.17. The maximum atomic E-state index is 10.7. The van der Waals surface area contributed by atoms with Gasteiger partial charge in [0.05, 0.1) is 5.56 Å². The smallest absolute Gasteiger partial charge is 0.337 e. The van der Waals surface area contributed by atoms with Crippen LogP contribution in [0.1, 0.15) is 36.0 Å². The van der Waals surface area contributed by atoms with Crippen molar-refractivity contribution in [2.24, 2.45) is 5.92 Å². The third-order valence-corrected chi connectivity index (χ3v) is 3.39. The fraction of sp³-hybridized carbons (Fsp3) is 0.538. The number of carbonyl (C=O) groups is 1. The molecule has 1 saturated carbocycles. The second-order valence-corrected chi connectivity index (χ2v) is 4.74. The minimum absolute atomic E-state index is 0.239. The molecule has 4 heteroatoms. The number of carboxylic acid groups (broad SMARTS) is 1. The molecule has 1 N–H and O–H groups in total. The molecular formula is C13H18N2O2. The summed E-state index contributed by atoms with van der Waals surface area (Å²) in [5.41, 5.74) is 0.239. The molecule has 0 unspecified atom stereocenters. The molecule has 1 aromatic heterocycles. The zero-order valence-corrected chi connectivity index (χ0v) is 10.1. The Balaban J connectivity index is 1.98. The van der Waals surface area contributed by atoms with Crippen LogP contribution in [-0.4, -0.2) is 29.7 Å². The number of hydrogen-bond donors (Lipinski definition) is 1. The van der Waals surface area contributed by atoms with Gasteiger partial charge in [-0.05, 0) is 30.9 Å². The molecule has 0 spiro atoms. The van der Waals surface area contributed by atoms with Gasteiger partial charge in [0.15, 0.2) is 0 Å². The van der Waals surface area contributed by atoms with E-state index in [0.717, 1.165) is 18.3 Å². The molecule has 17 heavy (non-hydrogen) atoms. The number of nitrogens with zero attached hydrogens (tertiary/aromatic N) is 2. The highest BCUT2D eigenvalue weighted by atomic mass is 16.4. The van der Waals surface area contributed by atoms with E-state index >= 15 is 0 Å². The summed E-state index contributed by atoms with van der Waals surface area (Å²) in [6, 6.07) is 3.38. The molecule has 4 nitrogen and oxygen atoms in total. The number of hydrogen-bond acceptors (Lipinski definition) is 3. The van der Waals surface area contributed by atoms with Crippen LogP contribution in [0.5, 0.6) is 0 Å². The van der Waals surface area contributed by atoms with Gasteiger partial charge in [-0.15, -0.1) is 0 Å². The zero-order valence-electron chi connectivity index (χ0n) is 10.1. The SMILES string of the molecule is CN(CC1CCCC1)c1ccc(C(=O)O)cn1. The Kier molecular flexibility index (Phi) is 3.61. The molecule has 0 atom stereocenters. The largest absolute Gasteiger partial charge is 0.478 e. The van der Waals surface area contributed by atoms with Gasteiger partial charge in [-0.3, -0.25) is 0 Å². The summed E-state index contributed by atoms with van der Waals surface area (Å²) >= 11 is 0. The number of aromatic nitrogens is 1. The van der Waals surface area contributed by atoms with E-state index < -0.39 is 5.97 Å². The minimum Gasteiger partial charge on any atom is -0.478 e. The van der Waals surface area contributed by atoms with E-state index in [1.807, 2.05) is 7.05 Å². The first-order valence-electron chi connectivity index (χ1n) is 6.07. The van der Waals surface area contributed by atoms with Crippen LogP contribution >= 0.6 is 0 Å². The molecule has 1 aliphatic carbocycles. The van der Waals surface area contributed by atoms with Crippen molar-refractivity contribution in [1.29, 1.82) is 0 Å². The van der Waals surface area contributed by atoms with E-state index in [-0.39, 0.29) is 5.56 Å². The molecule has 1 aliphatic rings. The monoisotopic (exact) mass is 234 g/mol. The highest BCUT2D eigenvalue weighted by Gasteiger charge is 2.17. The van der Waals surface area contributed by atoms with Crippen molar-refractivity contribution in [1.82, 2.24) is 4.98 Å². The van der Waals surface area contributed by atoms with E-state index in [1.165, 1.54) is 31.9 Å². The van der Waals surface area contributed by atoms with Gasteiger partial charge in [0.2, 0.25) is 0 Å². The number of carboxylic acids is 1. The average Bonchev–Trinajstić information content (AvgIpc) is 2.82. The van der Waals surface area contributed by atoms with Crippen LogP contribution in [0.4, 0.5) is 5.82 Å². The lowest BCUT2D eigenvalue weighted by atomic mass is 10.1. The van der Waals surface area contributed by atoms with Gasteiger partial charge >= 0.3 is 5.97 Å². The van der Waals surface area contributed by atoms with Crippen molar-refractivity contribution < 1.29 is 9.90 Å². The van der Waals surface area contributed by atoms with Gasteiger partial charge in [-0.25, -0.2) is 9.78 Å². The van der Waals surface area contributed by atoms with E-state index in [9.17, 15) is 4.79 Å². The summed E-state index contributed by atoms with van der Waals surface area (Å²) in [7, 11) is 2.01. The lowest BCUT2D eigenvalue weighted by Crippen LogP contribution is -2.24. The van der Waals surface area contributed by atoms with E-state index in [0.29, 0.717) is 0 Å². The van der Waals surface area contributed by atoms with Crippen LogP contribution in [0.3, 0.4) is 0 Å². The fourth-order valence-electron chi connectivity index (χ4n) is 2.41. The molecule has 1 fully saturated rings. The predicted octanol–water partition coefficient (Wildman–Crippen LogP) is 2.41. The van der Waals surface area contributed by atoms with Crippen LogP contribution in [0, 0.1) is 5.92 Å². The number of pyridine rings is 1. The topological polar surface area (TPSA) is 53.4 Å². The average molecular weight is 234 g/mol. The minimum atomic E-state index is -0.928. The molecule has 2 rings (SSSR count). The molecule has 0 amide bonds. The Morgan fingerprint density at radius 2 is 2.18 bits per heavy atom. The van der Waals surface area contributed by atoms with Crippen LogP contribution in [0.15, 0.2) is 18.3 Å². The van der Waals surface area contributed by atoms with Gasteiger partial charge in [0, 0.05) is 19.8 Å². The number of aromatic carboxylic acids is 1. The van der Waals surface area contributed by atoms with Crippen molar-refractivity contribution in [2.45, 2.75) is 25.7 Å². The number of rotatable bonds is 4. The van der Waals surface area contributed by atoms with Crippen molar-refractivity contribution >= 4 is 11.8 Å². The van der Waals surface area contributed by atoms with Gasteiger partial charge in [-0.2, -0.15) is 0 Å². The van der Waals surface area contributed by atoms with Crippen LogP contribution in [0.25, 0.3) is 0 Å². The van der Waals surface area contributed by atoms with Crippen molar-refractivity contribution in [3.05, 3.63) is 23.9 Å². The first-order chi connectivity index (χ1) is 8.16. The summed E-state index contributed by atoms with van der Waals surface area (Å²) in [5, 5.41) is 8.79. The highest BCUT2D eigenvalue weighted by Crippen LogP contribution is 2.26. The second-order valence-electron chi connectivity index (χ2n) is 4.74. The third kappa shape index (κ3) is 2.96. The van der Waals surface area contributed by atoms with E-state index in [2.05, 4.69) is 9.88 Å². The predicted molar refractivity (Wildman–Crippen MR) is 66.4 cm³/mol. The Bertz CT molecular complexity index is 383. The molecular weight excluding hydrogens is 216 g/mol. The first-order valence-corrected chi connectivity index (χ1v) is 6.07. The van der Waals surface area contributed by atoms with Crippen LogP contribution in [0.2, 0.25) is 0 Å². The van der Waals surface area contributed by atoms with Crippen LogP contribution < -0.4 is 4.90 Å². The van der Waals surface area contributed by atoms with Crippen molar-refractivity contribution in [3.8, 4) is 0 Å². The van der Waals surface area contributed by atoms with Gasteiger partial charge in [0.25, 0.3) is 0 Å². The lowest BCUT2D eigenvalue weighted by molar-refractivity contribution is 0.0696. The third-order valence-electron chi connectivity index (χ3n) is 3.39. The summed E-state index contributed by atoms with van der Waals surface area (Å²) < 4.78 is 0. The summed E-state index contributed by atoms with van der Waals surface area (Å²) in [6.07, 6.45) is 6.70. The quantitative estimate of drug-likeness (QED) is 0.869. The molecule has 0 aromatic carbocycles. The summed E-state index contributed by atoms with van der Waals surface area (Å²) in [6.45, 7) is 1.01. The Labute approximate surface area is 101 Å². The number of anilines is 1. The molecule has 0 bridgehead atoms. The van der Waals surface area contributed by atoms with Gasteiger partial charge in [0.1, 0.15) is 5.82 Å². The maximum absolute atomic E-state index is 10.7. The highest BCUT2D eigenvalue weighted by molar-refractivity contribution is 5.87. The zero-order chi connectivity index (χ0) is 12.3. The molecule has 1 aromatic rings. The standard InChI is InChI=1S/C13H18N2O2/c1-15(9-10-4-2-3-5-10)12-7-6-11(8-14-12)13(16)17/h6-8,10H,2-5,9H2,1H3,(H,16,17). The summed E-state index contributed by atoms with van der Waals surface area (Å²) in [4.78, 5) is 17.0. The Morgan fingerprint density at radius 1 is 1.47 bits per heavy atom. The molecule has 0 radical (unpaired) electrons. The van der Waals surface area contributed by atoms with Gasteiger partial charge in [-0.1, -0.05) is 12.8 Å². The van der Waals surface area contributed by atoms with Gasteiger partial charge < -0.3 is 10.0 Å². The van der Waals surface area contributed by atoms with E-state index in [1.54, 1.807) is 12.1 Å². The van der Waals surface area contributed by atoms with Crippen LogP contribution in [-0.2, 0) is 0 Å². The molecule has 0 aliphatic heterocycles. The molecule has 92 valence electrons. The molecule has 0 saturated heterocycles. The maximum Gasteiger partial charge on any atom is 0.337 e. The first kappa shape index (κ1) is 11.9. The van der Waals surface area contributed by atoms with Crippen molar-refractivity contribution in [2.75, 3.05) is 18.5 Å². The normalized spacial score (nSPS) is 16.1. The van der Waals surface area contributed by atoms with Crippen molar-refractivity contribution in [3.63, 3.8) is 0 Å². The summed E-state index contributed by atoms with van der Waals surface area (Å²) in [5.74, 6) is 0.686. The lowest BCUT2D eigenvalue weighted by Gasteiger charge is -2.21.